The minimum Gasteiger partial charge on any atom is -0.481 e. The molecule has 8 nitrogen and oxygen atoms in total. The maximum atomic E-state index is 13.6. The van der Waals surface area contributed by atoms with Gasteiger partial charge in [0.05, 0.1) is 49.2 Å². The summed E-state index contributed by atoms with van der Waals surface area (Å²) in [5.41, 5.74) is -1.11. The van der Waals surface area contributed by atoms with Gasteiger partial charge in [0.15, 0.2) is 5.78 Å². The van der Waals surface area contributed by atoms with Crippen molar-refractivity contribution in [3.05, 3.63) is 57.6 Å². The van der Waals surface area contributed by atoms with Gasteiger partial charge in [-0.1, -0.05) is 18.2 Å². The third-order valence-electron chi connectivity index (χ3n) is 9.28. The highest BCUT2D eigenvalue weighted by Gasteiger charge is 2.71. The number of carbonyl (C=O) groups excluding carboxylic acids is 2. The number of halogens is 1. The summed E-state index contributed by atoms with van der Waals surface area (Å²) in [6.45, 7) is 9.77. The van der Waals surface area contributed by atoms with Crippen LogP contribution in [0.15, 0.2) is 56.5 Å². The Hall–Kier alpha value is -2.24. The quantitative estimate of drug-likeness (QED) is 0.258. The summed E-state index contributed by atoms with van der Waals surface area (Å²) in [6.07, 6.45) is 6.15. The lowest BCUT2D eigenvalue weighted by Crippen LogP contribution is -2.76. The SMILES string of the molecule is C=C1[C@H](O[C@@H]2C[C@H](c3ccoc3)C(C)=C2I)C[C@@]2(NC)[C@](C)(C(=O)O)C=CC(=O)[C@]2(C)[C@H]1CC(=O)OC. The Bertz CT molecular complexity index is 1190. The first-order valence-corrected chi connectivity index (χ1v) is 13.4. The lowest BCUT2D eigenvalue weighted by atomic mass is 9.43. The summed E-state index contributed by atoms with van der Waals surface area (Å²) < 4.78 is 18.1. The molecule has 0 saturated heterocycles. The van der Waals surface area contributed by atoms with Crippen LogP contribution in [0.1, 0.15) is 51.5 Å². The molecule has 7 atom stereocenters. The van der Waals surface area contributed by atoms with E-state index in [0.29, 0.717) is 12.0 Å². The molecule has 37 heavy (non-hydrogen) atoms. The fourth-order valence-corrected chi connectivity index (χ4v) is 7.67. The van der Waals surface area contributed by atoms with E-state index in [4.69, 9.17) is 13.9 Å². The van der Waals surface area contributed by atoms with E-state index in [1.807, 2.05) is 6.07 Å². The van der Waals surface area contributed by atoms with Gasteiger partial charge < -0.3 is 24.3 Å². The number of allylic oxidation sites excluding steroid dienone is 2. The van der Waals surface area contributed by atoms with Crippen LogP contribution in [0, 0.1) is 16.7 Å². The highest BCUT2D eigenvalue weighted by Crippen LogP contribution is 2.62. The van der Waals surface area contributed by atoms with Crippen molar-refractivity contribution in [3.8, 4) is 0 Å². The minimum atomic E-state index is -1.45. The van der Waals surface area contributed by atoms with Gasteiger partial charge in [0.1, 0.15) is 5.41 Å². The van der Waals surface area contributed by atoms with Crippen LogP contribution in [0.3, 0.4) is 0 Å². The average molecular weight is 623 g/mol. The molecular weight excluding hydrogens is 589 g/mol. The zero-order valence-corrected chi connectivity index (χ0v) is 24.0. The molecule has 3 aliphatic rings. The molecule has 9 heteroatoms. The number of hydrogen-bond acceptors (Lipinski definition) is 7. The van der Waals surface area contributed by atoms with Gasteiger partial charge in [-0.3, -0.25) is 14.4 Å². The Morgan fingerprint density at radius 1 is 1.32 bits per heavy atom. The maximum Gasteiger partial charge on any atom is 0.315 e. The number of aliphatic carboxylic acids is 1. The fourth-order valence-electron chi connectivity index (χ4n) is 6.89. The predicted octanol–water partition coefficient (Wildman–Crippen LogP) is 4.56. The Morgan fingerprint density at radius 2 is 2.03 bits per heavy atom. The molecule has 1 fully saturated rings. The number of nitrogens with one attached hydrogen (secondary N) is 1. The number of ether oxygens (including phenoxy) is 2. The Balaban J connectivity index is 1.78. The summed E-state index contributed by atoms with van der Waals surface area (Å²) in [5, 5.41) is 13.7. The van der Waals surface area contributed by atoms with Gasteiger partial charge in [-0.25, -0.2) is 0 Å². The zero-order chi connectivity index (χ0) is 27.3. The summed E-state index contributed by atoms with van der Waals surface area (Å²) in [7, 11) is 2.97. The Kier molecular flexibility index (Phi) is 7.37. The first-order chi connectivity index (χ1) is 17.4. The van der Waals surface area contributed by atoms with Crippen molar-refractivity contribution in [3.63, 3.8) is 0 Å². The first-order valence-electron chi connectivity index (χ1n) is 12.3. The number of carboxylic acid groups (broad SMARTS) is 1. The molecule has 1 aromatic heterocycles. The molecule has 0 aliphatic heterocycles. The van der Waals surface area contributed by atoms with E-state index in [2.05, 4.69) is 41.4 Å². The fraction of sp³-hybridized carbons (Fsp3) is 0.536. The van der Waals surface area contributed by atoms with Crippen LogP contribution >= 0.6 is 22.6 Å². The number of rotatable bonds is 7. The van der Waals surface area contributed by atoms with Crippen LogP contribution in [-0.4, -0.2) is 54.7 Å². The van der Waals surface area contributed by atoms with Gasteiger partial charge in [0.25, 0.3) is 0 Å². The number of carboxylic acids is 1. The monoisotopic (exact) mass is 623 g/mol. The van der Waals surface area contributed by atoms with Gasteiger partial charge in [-0.05, 0) is 86.5 Å². The average Bonchev–Trinajstić information content (AvgIpc) is 3.50. The lowest BCUT2D eigenvalue weighted by molar-refractivity contribution is -0.171. The molecule has 1 saturated carbocycles. The molecule has 4 rings (SSSR count). The highest BCUT2D eigenvalue weighted by atomic mass is 127. The van der Waals surface area contributed by atoms with Crippen molar-refractivity contribution in [2.75, 3.05) is 14.2 Å². The molecule has 1 heterocycles. The summed E-state index contributed by atoms with van der Waals surface area (Å²) in [5.74, 6) is -2.36. The summed E-state index contributed by atoms with van der Waals surface area (Å²) >= 11 is 2.31. The van der Waals surface area contributed by atoms with Gasteiger partial charge in [0.2, 0.25) is 0 Å². The number of esters is 1. The number of hydrogen-bond donors (Lipinski definition) is 2. The van der Waals surface area contributed by atoms with Gasteiger partial charge in [-0.15, -0.1) is 0 Å². The van der Waals surface area contributed by atoms with Gasteiger partial charge >= 0.3 is 11.9 Å². The molecule has 0 amide bonds. The van der Waals surface area contributed by atoms with Crippen molar-refractivity contribution >= 4 is 40.3 Å². The summed E-state index contributed by atoms with van der Waals surface area (Å²) in [4.78, 5) is 38.9. The van der Waals surface area contributed by atoms with Crippen LogP contribution in [0.5, 0.6) is 0 Å². The van der Waals surface area contributed by atoms with Crippen LogP contribution in [0.4, 0.5) is 0 Å². The van der Waals surface area contributed by atoms with E-state index in [-0.39, 0.29) is 30.6 Å². The largest absolute Gasteiger partial charge is 0.481 e. The Morgan fingerprint density at radius 3 is 2.59 bits per heavy atom. The van der Waals surface area contributed by atoms with Crippen molar-refractivity contribution in [1.29, 1.82) is 0 Å². The van der Waals surface area contributed by atoms with Crippen molar-refractivity contribution in [1.82, 2.24) is 5.32 Å². The van der Waals surface area contributed by atoms with Gasteiger partial charge in [0, 0.05) is 15.4 Å². The Labute approximate surface area is 230 Å². The van der Waals surface area contributed by atoms with Crippen molar-refractivity contribution < 1.29 is 33.4 Å². The van der Waals surface area contributed by atoms with E-state index < -0.39 is 40.3 Å². The normalized spacial score (nSPS) is 37.6. The number of ketones is 1. The van der Waals surface area contributed by atoms with E-state index in [1.54, 1.807) is 33.4 Å². The predicted molar refractivity (Wildman–Crippen MR) is 145 cm³/mol. The molecule has 200 valence electrons. The summed E-state index contributed by atoms with van der Waals surface area (Å²) in [6, 6.07) is 1.95. The van der Waals surface area contributed by atoms with E-state index in [0.717, 1.165) is 9.14 Å². The topological polar surface area (TPSA) is 115 Å². The molecule has 2 N–H and O–H groups in total. The standard InChI is InChI=1S/C28H34INO7/c1-15-18(17-8-10-36-14-17)11-20(24(15)29)37-21-13-28(30-5)26(3,25(33)34)9-7-22(31)27(28,4)19(16(21)2)12-23(32)35-6/h7-10,14,18-21,30H,2,11-13H2,1,3-6H3,(H,33,34)/t18-,19-,20+,21+,26-,27-,28+/m0/s1. The maximum absolute atomic E-state index is 13.6. The van der Waals surface area contributed by atoms with E-state index in [1.165, 1.54) is 24.8 Å². The van der Waals surface area contributed by atoms with E-state index >= 15 is 0 Å². The van der Waals surface area contributed by atoms with Crippen molar-refractivity contribution in [2.24, 2.45) is 16.7 Å². The molecule has 3 aliphatic carbocycles. The first kappa shape index (κ1) is 27.8. The molecule has 0 aromatic carbocycles. The second-order valence-electron chi connectivity index (χ2n) is 10.7. The molecule has 0 bridgehead atoms. The van der Waals surface area contributed by atoms with Crippen LogP contribution < -0.4 is 5.32 Å². The zero-order valence-electron chi connectivity index (χ0n) is 21.8. The second kappa shape index (κ2) is 9.81. The smallest absolute Gasteiger partial charge is 0.315 e. The third kappa shape index (κ3) is 3.96. The molecule has 0 spiro atoms. The lowest BCUT2D eigenvalue weighted by Gasteiger charge is -2.63. The van der Waals surface area contributed by atoms with Gasteiger partial charge in [-0.2, -0.15) is 0 Å². The second-order valence-corrected chi connectivity index (χ2v) is 11.8. The molecule has 1 aromatic rings. The van der Waals surface area contributed by atoms with Crippen LogP contribution in [0.25, 0.3) is 0 Å². The van der Waals surface area contributed by atoms with Crippen LogP contribution in [0.2, 0.25) is 0 Å². The molecular formula is C28H34INO7. The number of furan rings is 1. The number of fused-ring (bicyclic) bond motifs is 1. The highest BCUT2D eigenvalue weighted by molar-refractivity contribution is 14.1. The van der Waals surface area contributed by atoms with Crippen molar-refractivity contribution in [2.45, 2.75) is 63.7 Å². The number of carbonyl (C=O) groups is 3. The molecule has 0 radical (unpaired) electrons. The van der Waals surface area contributed by atoms with E-state index in [9.17, 15) is 19.5 Å². The van der Waals surface area contributed by atoms with Crippen LogP contribution in [-0.2, 0) is 23.9 Å². The third-order valence-corrected chi connectivity index (χ3v) is 10.8. The molecule has 0 unspecified atom stereocenters. The number of methoxy groups -OCH3 is 1. The minimum absolute atomic E-state index is 0.112.